The SMILES string of the molecule is COC(=O)C1CC[NH+](CC(=O)N2c3ccccc3NC(=O)C2(C)C)CC1. The second-order valence-electron chi connectivity index (χ2n) is 7.48. The van der Waals surface area contributed by atoms with Crippen LogP contribution in [0.3, 0.4) is 0 Å². The molecule has 1 fully saturated rings. The molecule has 0 radical (unpaired) electrons. The van der Waals surface area contributed by atoms with Gasteiger partial charge in [0.2, 0.25) is 5.91 Å². The molecule has 0 saturated carbocycles. The zero-order valence-corrected chi connectivity index (χ0v) is 15.5. The van der Waals surface area contributed by atoms with Crippen LogP contribution < -0.4 is 15.1 Å². The highest BCUT2D eigenvalue weighted by Gasteiger charge is 2.44. The Balaban J connectivity index is 1.73. The first kappa shape index (κ1) is 18.4. The Morgan fingerprint density at radius 2 is 1.92 bits per heavy atom. The van der Waals surface area contributed by atoms with Crippen molar-refractivity contribution >= 4 is 29.2 Å². The number of likely N-dealkylation sites (tertiary alicyclic amines) is 1. The maximum absolute atomic E-state index is 13.1. The zero-order chi connectivity index (χ0) is 18.9. The fourth-order valence-corrected chi connectivity index (χ4v) is 3.80. The van der Waals surface area contributed by atoms with Gasteiger partial charge in [-0.2, -0.15) is 0 Å². The summed E-state index contributed by atoms with van der Waals surface area (Å²) >= 11 is 0. The van der Waals surface area contributed by atoms with Crippen molar-refractivity contribution in [2.75, 3.05) is 37.0 Å². The van der Waals surface area contributed by atoms with E-state index < -0.39 is 5.54 Å². The molecule has 7 nitrogen and oxygen atoms in total. The normalized spacial score (nSPS) is 24.4. The molecule has 2 amide bonds. The molecule has 0 spiro atoms. The molecular weight excluding hydrogens is 334 g/mol. The highest BCUT2D eigenvalue weighted by Crippen LogP contribution is 2.36. The summed E-state index contributed by atoms with van der Waals surface area (Å²) in [4.78, 5) is 40.0. The van der Waals surface area contributed by atoms with Gasteiger partial charge >= 0.3 is 5.97 Å². The summed E-state index contributed by atoms with van der Waals surface area (Å²) < 4.78 is 4.81. The quantitative estimate of drug-likeness (QED) is 0.756. The second-order valence-corrected chi connectivity index (χ2v) is 7.48. The molecule has 0 unspecified atom stereocenters. The Kier molecular flexibility index (Phi) is 5.00. The summed E-state index contributed by atoms with van der Waals surface area (Å²) in [6.45, 7) is 5.31. The van der Waals surface area contributed by atoms with E-state index in [-0.39, 0.29) is 23.7 Å². The number of hydrogen-bond acceptors (Lipinski definition) is 4. The van der Waals surface area contributed by atoms with Crippen molar-refractivity contribution in [1.82, 2.24) is 0 Å². The smallest absolute Gasteiger partial charge is 0.309 e. The Morgan fingerprint density at radius 1 is 1.27 bits per heavy atom. The van der Waals surface area contributed by atoms with Crippen LogP contribution in [0.5, 0.6) is 0 Å². The largest absolute Gasteiger partial charge is 0.469 e. The van der Waals surface area contributed by atoms with Crippen molar-refractivity contribution in [3.8, 4) is 0 Å². The Bertz CT molecular complexity index is 723. The van der Waals surface area contributed by atoms with Gasteiger partial charge < -0.3 is 15.0 Å². The summed E-state index contributed by atoms with van der Waals surface area (Å²) in [5, 5.41) is 2.87. The third-order valence-corrected chi connectivity index (χ3v) is 5.39. The zero-order valence-electron chi connectivity index (χ0n) is 15.5. The van der Waals surface area contributed by atoms with Gasteiger partial charge in [-0.1, -0.05) is 12.1 Å². The molecule has 2 aliphatic rings. The number of nitrogens with zero attached hydrogens (tertiary/aromatic N) is 1. The maximum atomic E-state index is 13.1. The van der Waals surface area contributed by atoms with Crippen LogP contribution in [0.1, 0.15) is 26.7 Å². The first-order chi connectivity index (χ1) is 12.3. The number of carbonyl (C=O) groups is 3. The number of fused-ring (bicyclic) bond motifs is 1. The van der Waals surface area contributed by atoms with Crippen LogP contribution in [0, 0.1) is 5.92 Å². The number of esters is 1. The number of benzene rings is 1. The molecule has 0 atom stereocenters. The highest BCUT2D eigenvalue weighted by molar-refractivity contribution is 6.14. The Hall–Kier alpha value is -2.41. The van der Waals surface area contributed by atoms with E-state index in [0.717, 1.165) is 36.5 Å². The van der Waals surface area contributed by atoms with Gasteiger partial charge in [-0.3, -0.25) is 19.3 Å². The molecule has 2 N–H and O–H groups in total. The van der Waals surface area contributed by atoms with Crippen molar-refractivity contribution in [1.29, 1.82) is 0 Å². The molecule has 0 bridgehead atoms. The van der Waals surface area contributed by atoms with Crippen molar-refractivity contribution < 1.29 is 24.0 Å². The minimum absolute atomic E-state index is 0.0724. The summed E-state index contributed by atoms with van der Waals surface area (Å²) in [5.41, 5.74) is 0.436. The molecule has 3 rings (SSSR count). The van der Waals surface area contributed by atoms with Gasteiger partial charge in [0.05, 0.1) is 37.5 Å². The van der Waals surface area contributed by atoms with Gasteiger partial charge in [0, 0.05) is 12.8 Å². The fourth-order valence-electron chi connectivity index (χ4n) is 3.80. The molecule has 1 aromatic carbocycles. The number of ether oxygens (including phenoxy) is 1. The number of anilines is 2. The van der Waals surface area contributed by atoms with Crippen LogP contribution in [0.2, 0.25) is 0 Å². The van der Waals surface area contributed by atoms with E-state index in [4.69, 9.17) is 4.74 Å². The van der Waals surface area contributed by atoms with E-state index in [1.807, 2.05) is 18.2 Å². The van der Waals surface area contributed by atoms with Gasteiger partial charge in [0.1, 0.15) is 5.54 Å². The summed E-state index contributed by atoms with van der Waals surface area (Å²) in [5.74, 6) is -0.511. The number of rotatable bonds is 3. The van der Waals surface area contributed by atoms with Crippen molar-refractivity contribution in [2.24, 2.45) is 5.92 Å². The lowest BCUT2D eigenvalue weighted by Gasteiger charge is -2.42. The van der Waals surface area contributed by atoms with Crippen molar-refractivity contribution in [2.45, 2.75) is 32.2 Å². The third kappa shape index (κ3) is 3.31. The predicted octanol–water partition coefficient (Wildman–Crippen LogP) is 0.218. The predicted molar refractivity (Wildman–Crippen MR) is 96.9 cm³/mol. The van der Waals surface area contributed by atoms with Crippen LogP contribution in [0.15, 0.2) is 24.3 Å². The molecule has 1 saturated heterocycles. The number of hydrogen-bond donors (Lipinski definition) is 2. The van der Waals surface area contributed by atoms with Gasteiger partial charge in [-0.15, -0.1) is 0 Å². The summed E-state index contributed by atoms with van der Waals surface area (Å²) in [7, 11) is 1.41. The van der Waals surface area contributed by atoms with E-state index in [9.17, 15) is 14.4 Å². The topological polar surface area (TPSA) is 80.2 Å². The van der Waals surface area contributed by atoms with Crippen LogP contribution in [0.25, 0.3) is 0 Å². The first-order valence-corrected chi connectivity index (χ1v) is 8.99. The average molecular weight is 360 g/mol. The van der Waals surface area contributed by atoms with E-state index in [0.29, 0.717) is 12.2 Å². The maximum Gasteiger partial charge on any atom is 0.309 e. The van der Waals surface area contributed by atoms with Gasteiger partial charge in [-0.05, 0) is 26.0 Å². The van der Waals surface area contributed by atoms with Crippen LogP contribution >= 0.6 is 0 Å². The number of methoxy groups -OCH3 is 1. The van der Waals surface area contributed by atoms with E-state index in [1.165, 1.54) is 7.11 Å². The standard InChI is InChI=1S/C19H25N3O4/c1-19(2)18(25)20-14-6-4-5-7-15(14)22(19)16(23)12-21-10-8-13(9-11-21)17(24)26-3/h4-7,13H,8-12H2,1-3H3,(H,20,25)/p+1. The van der Waals surface area contributed by atoms with Gasteiger partial charge in [0.15, 0.2) is 6.54 Å². The van der Waals surface area contributed by atoms with E-state index in [1.54, 1.807) is 24.8 Å². The average Bonchev–Trinajstić information content (AvgIpc) is 2.62. The monoisotopic (exact) mass is 360 g/mol. The number of nitrogens with one attached hydrogen (secondary N) is 2. The molecule has 0 aliphatic carbocycles. The number of piperidine rings is 1. The number of carbonyl (C=O) groups excluding carboxylic acids is 3. The molecular formula is C19H26N3O4+. The molecule has 0 aromatic heterocycles. The molecule has 1 aromatic rings. The number of quaternary nitrogens is 1. The van der Waals surface area contributed by atoms with Crippen molar-refractivity contribution in [3.63, 3.8) is 0 Å². The Labute approximate surface area is 153 Å². The molecule has 2 aliphatic heterocycles. The van der Waals surface area contributed by atoms with Crippen LogP contribution in [0.4, 0.5) is 11.4 Å². The van der Waals surface area contributed by atoms with E-state index in [2.05, 4.69) is 5.32 Å². The molecule has 7 heteroatoms. The lowest BCUT2D eigenvalue weighted by molar-refractivity contribution is -0.897. The Morgan fingerprint density at radius 3 is 2.58 bits per heavy atom. The summed E-state index contributed by atoms with van der Waals surface area (Å²) in [6.07, 6.45) is 1.44. The number of amides is 2. The van der Waals surface area contributed by atoms with Crippen LogP contribution in [-0.4, -0.2) is 50.1 Å². The van der Waals surface area contributed by atoms with Gasteiger partial charge in [-0.25, -0.2) is 0 Å². The highest BCUT2D eigenvalue weighted by atomic mass is 16.5. The second kappa shape index (κ2) is 7.07. The van der Waals surface area contributed by atoms with Crippen molar-refractivity contribution in [3.05, 3.63) is 24.3 Å². The molecule has 2 heterocycles. The lowest BCUT2D eigenvalue weighted by atomic mass is 9.95. The fraction of sp³-hybridized carbons (Fsp3) is 0.526. The van der Waals surface area contributed by atoms with E-state index >= 15 is 0 Å². The minimum atomic E-state index is -0.949. The lowest BCUT2D eigenvalue weighted by Crippen LogP contribution is -3.14. The van der Waals surface area contributed by atoms with Crippen LogP contribution in [-0.2, 0) is 19.1 Å². The number of para-hydroxylation sites is 2. The minimum Gasteiger partial charge on any atom is -0.469 e. The third-order valence-electron chi connectivity index (χ3n) is 5.39. The molecule has 26 heavy (non-hydrogen) atoms. The summed E-state index contributed by atoms with van der Waals surface area (Å²) in [6, 6.07) is 7.36. The molecule has 140 valence electrons. The first-order valence-electron chi connectivity index (χ1n) is 8.99. The van der Waals surface area contributed by atoms with Gasteiger partial charge in [0.25, 0.3) is 5.91 Å².